The maximum atomic E-state index is 11.0. The number of nitrogens with zero attached hydrogens (tertiary/aromatic N) is 1. The standard InChI is InChI=1S/C11H19NO/c1-9(2)12-5-3-11(4-6-12)7-10(13)8-11/h9H,3-8H2,1-2H3. The van der Waals surface area contributed by atoms with E-state index >= 15 is 0 Å². The van der Waals surface area contributed by atoms with Gasteiger partial charge < -0.3 is 4.90 Å². The predicted molar refractivity (Wildman–Crippen MR) is 52.6 cm³/mol. The number of hydrogen-bond acceptors (Lipinski definition) is 2. The second kappa shape index (κ2) is 3.09. The maximum absolute atomic E-state index is 11.0. The van der Waals surface area contributed by atoms with Crippen molar-refractivity contribution in [2.24, 2.45) is 5.41 Å². The van der Waals surface area contributed by atoms with Crippen molar-refractivity contribution in [2.75, 3.05) is 13.1 Å². The van der Waals surface area contributed by atoms with E-state index in [4.69, 9.17) is 0 Å². The Morgan fingerprint density at radius 2 is 1.77 bits per heavy atom. The molecule has 13 heavy (non-hydrogen) atoms. The minimum atomic E-state index is 0.447. The molecule has 1 aliphatic heterocycles. The Morgan fingerprint density at radius 1 is 1.23 bits per heavy atom. The molecule has 0 aromatic rings. The van der Waals surface area contributed by atoms with E-state index in [1.165, 1.54) is 25.9 Å². The van der Waals surface area contributed by atoms with Gasteiger partial charge >= 0.3 is 0 Å². The van der Waals surface area contributed by atoms with Crippen LogP contribution >= 0.6 is 0 Å². The molecule has 0 atom stereocenters. The quantitative estimate of drug-likeness (QED) is 0.615. The molecule has 2 nitrogen and oxygen atoms in total. The van der Waals surface area contributed by atoms with E-state index in [0.29, 0.717) is 17.2 Å². The van der Waals surface area contributed by atoms with Crippen LogP contribution in [-0.4, -0.2) is 29.8 Å². The number of carbonyl (C=O) groups is 1. The molecule has 0 aromatic heterocycles. The fourth-order valence-corrected chi connectivity index (χ4v) is 2.65. The highest BCUT2D eigenvalue weighted by atomic mass is 16.1. The molecule has 0 aromatic carbocycles. The normalized spacial score (nSPS) is 28.1. The van der Waals surface area contributed by atoms with Gasteiger partial charge in [-0.05, 0) is 45.2 Å². The molecule has 2 fully saturated rings. The molecule has 1 heterocycles. The Bertz CT molecular complexity index is 204. The van der Waals surface area contributed by atoms with Gasteiger partial charge in [-0.1, -0.05) is 0 Å². The zero-order valence-corrected chi connectivity index (χ0v) is 8.68. The Kier molecular flexibility index (Phi) is 2.18. The Labute approximate surface area is 80.3 Å². The highest BCUT2D eigenvalue weighted by Crippen LogP contribution is 2.46. The average Bonchev–Trinajstić information content (AvgIpc) is 2.03. The summed E-state index contributed by atoms with van der Waals surface area (Å²) in [5.41, 5.74) is 0.447. The number of ketones is 1. The van der Waals surface area contributed by atoms with Crippen LogP contribution in [0, 0.1) is 5.41 Å². The first-order chi connectivity index (χ1) is 6.11. The molecule has 1 saturated heterocycles. The fraction of sp³-hybridized carbons (Fsp3) is 0.909. The van der Waals surface area contributed by atoms with Gasteiger partial charge in [0.05, 0.1) is 0 Å². The summed E-state index contributed by atoms with van der Waals surface area (Å²) in [5, 5.41) is 0. The van der Waals surface area contributed by atoms with Gasteiger partial charge in [-0.15, -0.1) is 0 Å². The second-order valence-corrected chi connectivity index (χ2v) is 5.02. The SMILES string of the molecule is CC(C)N1CCC2(CC1)CC(=O)C2. The fourth-order valence-electron chi connectivity index (χ4n) is 2.65. The molecule has 2 heteroatoms. The van der Waals surface area contributed by atoms with Crippen LogP contribution in [0.5, 0.6) is 0 Å². The summed E-state index contributed by atoms with van der Waals surface area (Å²) in [5.74, 6) is 0.484. The smallest absolute Gasteiger partial charge is 0.134 e. The van der Waals surface area contributed by atoms with Crippen LogP contribution in [0.2, 0.25) is 0 Å². The zero-order chi connectivity index (χ0) is 9.47. The average molecular weight is 181 g/mol. The monoisotopic (exact) mass is 181 g/mol. The van der Waals surface area contributed by atoms with Crippen molar-refractivity contribution in [3.05, 3.63) is 0 Å². The largest absolute Gasteiger partial charge is 0.301 e. The van der Waals surface area contributed by atoms with Crippen molar-refractivity contribution in [2.45, 2.75) is 45.6 Å². The third-order valence-electron chi connectivity index (χ3n) is 3.73. The van der Waals surface area contributed by atoms with Crippen LogP contribution in [0.3, 0.4) is 0 Å². The molecule has 0 unspecified atom stereocenters. The Morgan fingerprint density at radius 3 is 2.15 bits per heavy atom. The number of rotatable bonds is 1. The molecule has 1 saturated carbocycles. The summed E-state index contributed by atoms with van der Waals surface area (Å²) >= 11 is 0. The van der Waals surface area contributed by atoms with E-state index in [1.807, 2.05) is 0 Å². The molecule has 1 aliphatic carbocycles. The van der Waals surface area contributed by atoms with Crippen LogP contribution in [0.15, 0.2) is 0 Å². The Balaban J connectivity index is 1.86. The van der Waals surface area contributed by atoms with E-state index in [1.54, 1.807) is 0 Å². The van der Waals surface area contributed by atoms with Crippen LogP contribution < -0.4 is 0 Å². The molecular formula is C11H19NO. The lowest BCUT2D eigenvalue weighted by Crippen LogP contribution is -2.49. The van der Waals surface area contributed by atoms with Crippen molar-refractivity contribution < 1.29 is 4.79 Å². The van der Waals surface area contributed by atoms with Gasteiger partial charge in [-0.3, -0.25) is 4.79 Å². The first-order valence-corrected chi connectivity index (χ1v) is 5.37. The van der Waals surface area contributed by atoms with E-state index in [0.717, 1.165) is 12.8 Å². The molecule has 0 radical (unpaired) electrons. The van der Waals surface area contributed by atoms with Gasteiger partial charge in [0.25, 0.3) is 0 Å². The van der Waals surface area contributed by atoms with Crippen LogP contribution in [0.25, 0.3) is 0 Å². The van der Waals surface area contributed by atoms with Crippen LogP contribution in [0.1, 0.15) is 39.5 Å². The topological polar surface area (TPSA) is 20.3 Å². The lowest BCUT2D eigenvalue weighted by Gasteiger charge is -2.47. The lowest BCUT2D eigenvalue weighted by molar-refractivity contribution is -0.135. The molecule has 2 aliphatic rings. The van der Waals surface area contributed by atoms with E-state index < -0.39 is 0 Å². The molecule has 0 amide bonds. The Hall–Kier alpha value is -0.370. The lowest BCUT2D eigenvalue weighted by atomic mass is 9.62. The van der Waals surface area contributed by atoms with Crippen LogP contribution in [-0.2, 0) is 4.79 Å². The number of piperidine rings is 1. The second-order valence-electron chi connectivity index (χ2n) is 5.02. The summed E-state index contributed by atoms with van der Waals surface area (Å²) in [7, 11) is 0. The molecule has 0 bridgehead atoms. The van der Waals surface area contributed by atoms with Crippen molar-refractivity contribution >= 4 is 5.78 Å². The van der Waals surface area contributed by atoms with E-state index in [-0.39, 0.29) is 0 Å². The maximum Gasteiger partial charge on any atom is 0.134 e. The first kappa shape index (κ1) is 9.20. The van der Waals surface area contributed by atoms with Crippen LogP contribution in [0.4, 0.5) is 0 Å². The summed E-state index contributed by atoms with van der Waals surface area (Å²) in [6.45, 7) is 6.91. The molecule has 74 valence electrons. The van der Waals surface area contributed by atoms with Crippen molar-refractivity contribution in [1.82, 2.24) is 4.90 Å². The van der Waals surface area contributed by atoms with Gasteiger partial charge in [0.2, 0.25) is 0 Å². The van der Waals surface area contributed by atoms with Gasteiger partial charge in [-0.25, -0.2) is 0 Å². The number of carbonyl (C=O) groups excluding carboxylic acids is 1. The van der Waals surface area contributed by atoms with Gasteiger partial charge in [-0.2, -0.15) is 0 Å². The number of hydrogen-bond donors (Lipinski definition) is 0. The highest BCUT2D eigenvalue weighted by molar-refractivity contribution is 5.86. The molecule has 2 rings (SSSR count). The molecule has 1 spiro atoms. The molecular weight excluding hydrogens is 162 g/mol. The highest BCUT2D eigenvalue weighted by Gasteiger charge is 2.45. The van der Waals surface area contributed by atoms with Gasteiger partial charge in [0.15, 0.2) is 0 Å². The van der Waals surface area contributed by atoms with Crippen molar-refractivity contribution in [1.29, 1.82) is 0 Å². The van der Waals surface area contributed by atoms with Crippen molar-refractivity contribution in [3.8, 4) is 0 Å². The van der Waals surface area contributed by atoms with Crippen molar-refractivity contribution in [3.63, 3.8) is 0 Å². The minimum Gasteiger partial charge on any atom is -0.301 e. The predicted octanol–water partition coefficient (Wildman–Crippen LogP) is 1.84. The minimum absolute atomic E-state index is 0.447. The summed E-state index contributed by atoms with van der Waals surface area (Å²) < 4.78 is 0. The third kappa shape index (κ3) is 1.64. The summed E-state index contributed by atoms with van der Waals surface area (Å²) in [6.07, 6.45) is 4.24. The van der Waals surface area contributed by atoms with E-state index in [9.17, 15) is 4.79 Å². The number of likely N-dealkylation sites (tertiary alicyclic amines) is 1. The van der Waals surface area contributed by atoms with E-state index in [2.05, 4.69) is 18.7 Å². The first-order valence-electron chi connectivity index (χ1n) is 5.37. The molecule has 0 N–H and O–H groups in total. The summed E-state index contributed by atoms with van der Waals surface area (Å²) in [4.78, 5) is 13.5. The summed E-state index contributed by atoms with van der Waals surface area (Å²) in [6, 6.07) is 0.674. The third-order valence-corrected chi connectivity index (χ3v) is 3.73. The van der Waals surface area contributed by atoms with Gasteiger partial charge in [0.1, 0.15) is 5.78 Å². The zero-order valence-electron chi connectivity index (χ0n) is 8.68. The number of Topliss-reactive ketones (excluding diaryl/α,β-unsaturated/α-hetero) is 1. The van der Waals surface area contributed by atoms with Gasteiger partial charge in [0, 0.05) is 18.9 Å².